The molecule has 70 heavy (non-hydrogen) atoms. The Bertz CT molecular complexity index is 3990. The van der Waals surface area contributed by atoms with Gasteiger partial charge in [-0.2, -0.15) is 0 Å². The van der Waals surface area contributed by atoms with Gasteiger partial charge < -0.3 is 4.90 Å². The van der Waals surface area contributed by atoms with Gasteiger partial charge in [0.2, 0.25) is 0 Å². The Morgan fingerprint density at radius 2 is 0.714 bits per heavy atom. The van der Waals surface area contributed by atoms with Gasteiger partial charge in [0.05, 0.1) is 16.5 Å². The van der Waals surface area contributed by atoms with Crippen LogP contribution in [-0.2, 0) is 10.8 Å². The molecule has 1 nitrogen and oxygen atoms in total. The SMILES string of the molecule is c1ccc(-c2cc3c(cc2N(c2ccc4c(c2)C(c2ccccc2)(c2ccccc2)c2ccccc2-4)c2ccc4sc5ccccc5c4c2)C2(c4ccccc4-c4ccccc42)c2ccccc2-3)cc1. The van der Waals surface area contributed by atoms with E-state index in [1.54, 1.807) is 0 Å². The Kier molecular flexibility index (Phi) is 8.43. The second-order valence-electron chi connectivity index (χ2n) is 19.0. The third kappa shape index (κ3) is 5.26. The van der Waals surface area contributed by atoms with Gasteiger partial charge in [-0.25, -0.2) is 0 Å². The van der Waals surface area contributed by atoms with Crippen molar-refractivity contribution in [2.75, 3.05) is 4.90 Å². The van der Waals surface area contributed by atoms with E-state index in [0.29, 0.717) is 0 Å². The fourth-order valence-corrected chi connectivity index (χ4v) is 14.1. The average Bonchev–Trinajstić information content (AvgIpc) is 4.14. The summed E-state index contributed by atoms with van der Waals surface area (Å²) in [6.45, 7) is 0. The van der Waals surface area contributed by atoms with Crippen LogP contribution in [0.1, 0.15) is 44.5 Å². The smallest absolute Gasteiger partial charge is 0.0726 e. The van der Waals surface area contributed by atoms with Crippen LogP contribution in [-0.4, -0.2) is 0 Å². The lowest BCUT2D eigenvalue weighted by atomic mass is 9.67. The number of nitrogens with zero attached hydrogens (tertiary/aromatic N) is 1. The van der Waals surface area contributed by atoms with Gasteiger partial charge in [0.1, 0.15) is 0 Å². The van der Waals surface area contributed by atoms with Gasteiger partial charge in [0.25, 0.3) is 0 Å². The lowest BCUT2D eigenvalue weighted by molar-refractivity contribution is 0.768. The van der Waals surface area contributed by atoms with Gasteiger partial charge in [-0.05, 0) is 132 Å². The fraction of sp³-hybridized carbons (Fsp3) is 0.0294. The van der Waals surface area contributed by atoms with Crippen LogP contribution < -0.4 is 4.90 Å². The minimum absolute atomic E-state index is 0.516. The molecule has 0 atom stereocenters. The van der Waals surface area contributed by atoms with Crippen molar-refractivity contribution < 1.29 is 0 Å². The van der Waals surface area contributed by atoms with E-state index in [0.717, 1.165) is 17.1 Å². The Balaban J connectivity index is 1.08. The molecule has 0 saturated heterocycles. The van der Waals surface area contributed by atoms with Crippen LogP contribution in [0.2, 0.25) is 0 Å². The summed E-state index contributed by atoms with van der Waals surface area (Å²) in [5.74, 6) is 0. The third-order valence-electron chi connectivity index (χ3n) is 15.8. The quantitative estimate of drug-likeness (QED) is 0.161. The zero-order valence-corrected chi connectivity index (χ0v) is 39.0. The molecule has 1 spiro atoms. The van der Waals surface area contributed by atoms with Gasteiger partial charge in [0, 0.05) is 37.1 Å². The number of hydrogen-bond acceptors (Lipinski definition) is 2. The average molecular weight is 906 g/mol. The zero-order valence-electron chi connectivity index (χ0n) is 38.2. The molecule has 12 aromatic rings. The first kappa shape index (κ1) is 39.4. The van der Waals surface area contributed by atoms with E-state index < -0.39 is 10.8 Å². The summed E-state index contributed by atoms with van der Waals surface area (Å²) in [4.78, 5) is 2.59. The van der Waals surface area contributed by atoms with Crippen molar-refractivity contribution >= 4 is 48.6 Å². The summed E-state index contributed by atoms with van der Waals surface area (Å²) in [6, 6.07) is 98.3. The number of benzene rings is 11. The summed E-state index contributed by atoms with van der Waals surface area (Å²) in [6.07, 6.45) is 0. The molecular weight excluding hydrogens is 863 g/mol. The summed E-state index contributed by atoms with van der Waals surface area (Å²) >= 11 is 1.87. The van der Waals surface area contributed by atoms with Crippen molar-refractivity contribution in [1.29, 1.82) is 0 Å². The number of rotatable bonds is 6. The maximum atomic E-state index is 2.59. The van der Waals surface area contributed by atoms with E-state index in [1.807, 2.05) is 11.3 Å². The minimum Gasteiger partial charge on any atom is -0.310 e. The molecule has 0 N–H and O–H groups in total. The number of fused-ring (bicyclic) bond motifs is 16. The van der Waals surface area contributed by atoms with E-state index in [4.69, 9.17) is 0 Å². The molecule has 326 valence electrons. The third-order valence-corrected chi connectivity index (χ3v) is 16.9. The van der Waals surface area contributed by atoms with Gasteiger partial charge in [-0.15, -0.1) is 11.3 Å². The molecule has 1 aromatic heterocycles. The molecule has 0 unspecified atom stereocenters. The molecule has 0 aliphatic heterocycles. The second-order valence-corrected chi connectivity index (χ2v) is 20.1. The lowest BCUT2D eigenvalue weighted by Gasteiger charge is -2.35. The molecule has 0 amide bonds. The standard InChI is InChI=1S/C68H43NS/c1-4-20-44(21-5-1)55-42-56-52-29-13-18-34-61(52)68(59-32-16-11-26-49(59)50-27-12-17-33-60(50)68)63(56)43-64(55)69(47-37-39-66-57(40-47)54-30-14-19-35-65(54)70-66)48-36-38-53-51-28-10-15-31-58(51)67(62(53)41-48,45-22-6-2-7-23-45)46-24-8-3-9-25-46/h1-43H. The van der Waals surface area contributed by atoms with E-state index in [1.165, 1.54) is 109 Å². The first-order chi connectivity index (χ1) is 34.7. The molecule has 2 heteroatoms. The summed E-state index contributed by atoms with van der Waals surface area (Å²) in [5, 5.41) is 2.55. The van der Waals surface area contributed by atoms with Crippen LogP contribution in [0.3, 0.4) is 0 Å². The van der Waals surface area contributed by atoms with E-state index in [9.17, 15) is 0 Å². The highest BCUT2D eigenvalue weighted by molar-refractivity contribution is 7.25. The molecule has 1 heterocycles. The van der Waals surface area contributed by atoms with E-state index in [2.05, 4.69) is 266 Å². The Labute approximate surface area is 411 Å². The minimum atomic E-state index is -0.563. The Hall–Kier alpha value is -8.56. The molecule has 0 bridgehead atoms. The van der Waals surface area contributed by atoms with Gasteiger partial charge in [-0.3, -0.25) is 0 Å². The molecule has 0 saturated carbocycles. The highest BCUT2D eigenvalue weighted by Gasteiger charge is 2.52. The van der Waals surface area contributed by atoms with E-state index >= 15 is 0 Å². The van der Waals surface area contributed by atoms with Crippen molar-refractivity contribution in [2.24, 2.45) is 0 Å². The topological polar surface area (TPSA) is 3.24 Å². The predicted molar refractivity (Wildman–Crippen MR) is 293 cm³/mol. The Morgan fingerprint density at radius 3 is 1.33 bits per heavy atom. The van der Waals surface area contributed by atoms with Crippen molar-refractivity contribution in [3.05, 3.63) is 305 Å². The number of thiophene rings is 1. The highest BCUT2D eigenvalue weighted by atomic mass is 32.1. The first-order valence-corrected chi connectivity index (χ1v) is 25.1. The Morgan fingerprint density at radius 1 is 0.271 bits per heavy atom. The van der Waals surface area contributed by atoms with E-state index in [-0.39, 0.29) is 0 Å². The summed E-state index contributed by atoms with van der Waals surface area (Å²) < 4.78 is 2.58. The lowest BCUT2D eigenvalue weighted by Crippen LogP contribution is -2.28. The van der Waals surface area contributed by atoms with Crippen molar-refractivity contribution in [1.82, 2.24) is 0 Å². The van der Waals surface area contributed by atoms with Gasteiger partial charge in [-0.1, -0.05) is 212 Å². The number of hydrogen-bond donors (Lipinski definition) is 0. The normalized spacial score (nSPS) is 13.9. The maximum Gasteiger partial charge on any atom is 0.0726 e. The van der Waals surface area contributed by atoms with Crippen LogP contribution in [0.15, 0.2) is 261 Å². The molecule has 15 rings (SSSR count). The molecular formula is C68H43NS. The molecule has 0 fully saturated rings. The molecule has 3 aliphatic carbocycles. The predicted octanol–water partition coefficient (Wildman–Crippen LogP) is 17.9. The van der Waals surface area contributed by atoms with Crippen molar-refractivity contribution in [3.8, 4) is 44.5 Å². The second kappa shape index (κ2) is 15.0. The zero-order chi connectivity index (χ0) is 46.0. The van der Waals surface area contributed by atoms with Gasteiger partial charge >= 0.3 is 0 Å². The monoisotopic (exact) mass is 905 g/mol. The maximum absolute atomic E-state index is 2.59. The molecule has 11 aromatic carbocycles. The highest BCUT2D eigenvalue weighted by Crippen LogP contribution is 2.65. The van der Waals surface area contributed by atoms with Crippen molar-refractivity contribution in [2.45, 2.75) is 10.8 Å². The first-order valence-electron chi connectivity index (χ1n) is 24.3. The van der Waals surface area contributed by atoms with Crippen LogP contribution in [0.25, 0.3) is 64.7 Å². The molecule has 0 radical (unpaired) electrons. The van der Waals surface area contributed by atoms with Crippen LogP contribution >= 0.6 is 11.3 Å². The largest absolute Gasteiger partial charge is 0.310 e. The van der Waals surface area contributed by atoms with Crippen LogP contribution in [0, 0.1) is 0 Å². The molecule has 3 aliphatic rings. The van der Waals surface area contributed by atoms with Crippen LogP contribution in [0.5, 0.6) is 0 Å². The fourth-order valence-electron chi connectivity index (χ4n) is 13.0. The van der Waals surface area contributed by atoms with Crippen molar-refractivity contribution in [3.63, 3.8) is 0 Å². The number of anilines is 3. The van der Waals surface area contributed by atoms with Gasteiger partial charge in [0.15, 0.2) is 0 Å². The summed E-state index contributed by atoms with van der Waals surface area (Å²) in [5.41, 5.74) is 22.8. The van der Waals surface area contributed by atoms with Crippen LogP contribution in [0.4, 0.5) is 17.1 Å². The summed E-state index contributed by atoms with van der Waals surface area (Å²) in [7, 11) is 0.